The van der Waals surface area contributed by atoms with E-state index in [0.29, 0.717) is 19.3 Å². The number of ether oxygens (including phenoxy) is 3. The largest absolute Gasteiger partial charge is 0.472 e. The lowest BCUT2D eigenvalue weighted by Crippen LogP contribution is -2.30. The van der Waals surface area contributed by atoms with E-state index in [1.165, 1.54) is 128 Å². The molecule has 0 radical (unpaired) electrons. The van der Waals surface area contributed by atoms with Crippen LogP contribution in [-0.2, 0) is 55.8 Å². The van der Waals surface area contributed by atoms with Gasteiger partial charge in [-0.15, -0.1) is 0 Å². The highest BCUT2D eigenvalue weighted by Gasteiger charge is 2.29. The maximum atomic E-state index is 13.0. The summed E-state index contributed by atoms with van der Waals surface area (Å²) in [6, 6.07) is 0. The molecule has 0 spiro atoms. The van der Waals surface area contributed by atoms with E-state index >= 15 is 0 Å². The molecule has 5 atom stereocenters. The predicted molar refractivity (Wildman–Crippen MR) is 427 cm³/mol. The van der Waals surface area contributed by atoms with Crippen LogP contribution in [0, 0.1) is 0 Å². The molecule has 16 nitrogen and oxygen atoms in total. The molecular formula is C85H148O16P2. The predicted octanol–water partition coefficient (Wildman–Crippen LogP) is 24.1. The number of carbonyl (C=O) groups is 3. The quantitative estimate of drug-likeness (QED) is 0.0146. The average molecular weight is 1490 g/mol. The fourth-order valence-corrected chi connectivity index (χ4v) is 12.4. The first-order chi connectivity index (χ1) is 50.2. The number of allylic oxidation sites excluding steroid dienone is 20. The van der Waals surface area contributed by atoms with Crippen molar-refractivity contribution in [1.29, 1.82) is 0 Å². The molecule has 594 valence electrons. The van der Waals surface area contributed by atoms with Gasteiger partial charge in [-0.1, -0.05) is 303 Å². The number of aliphatic hydroxyl groups excluding tert-OH is 2. The Bertz CT molecular complexity index is 2360. The molecule has 0 fully saturated rings. The van der Waals surface area contributed by atoms with Gasteiger partial charge >= 0.3 is 33.6 Å². The average Bonchev–Trinajstić information content (AvgIpc) is 0.915. The maximum absolute atomic E-state index is 13.0. The van der Waals surface area contributed by atoms with Crippen molar-refractivity contribution in [2.24, 2.45) is 0 Å². The molecule has 0 amide bonds. The molecule has 0 aromatic heterocycles. The summed E-state index contributed by atoms with van der Waals surface area (Å²) in [5.74, 6) is -1.60. The number of phosphoric ester groups is 2. The van der Waals surface area contributed by atoms with E-state index in [1.807, 2.05) is 0 Å². The smallest absolute Gasteiger partial charge is 0.463 e. The van der Waals surface area contributed by atoms with Gasteiger partial charge in [0.25, 0.3) is 0 Å². The Kier molecular flexibility index (Phi) is 74.5. The van der Waals surface area contributed by atoms with Gasteiger partial charge in [0, 0.05) is 19.3 Å². The van der Waals surface area contributed by atoms with Gasteiger partial charge in [-0.2, -0.15) is 0 Å². The number of aliphatic hydroxyl groups is 2. The van der Waals surface area contributed by atoms with Crippen LogP contribution in [0.15, 0.2) is 122 Å². The number of hydrogen-bond donors (Lipinski definition) is 4. The Morgan fingerprint density at radius 3 is 0.767 bits per heavy atom. The van der Waals surface area contributed by atoms with Gasteiger partial charge < -0.3 is 34.2 Å². The van der Waals surface area contributed by atoms with Crippen molar-refractivity contribution >= 4 is 33.6 Å². The molecule has 0 aromatic carbocycles. The first kappa shape index (κ1) is 98.9. The molecule has 0 aliphatic carbocycles. The lowest BCUT2D eigenvalue weighted by Gasteiger charge is -2.21. The monoisotopic (exact) mass is 1490 g/mol. The van der Waals surface area contributed by atoms with Crippen molar-refractivity contribution in [1.82, 2.24) is 0 Å². The highest BCUT2D eigenvalue weighted by Crippen LogP contribution is 2.45. The van der Waals surface area contributed by atoms with Gasteiger partial charge in [0.2, 0.25) is 0 Å². The second-order valence-electron chi connectivity index (χ2n) is 27.2. The fourth-order valence-electron chi connectivity index (χ4n) is 10.9. The molecule has 103 heavy (non-hydrogen) atoms. The van der Waals surface area contributed by atoms with Crippen molar-refractivity contribution in [2.45, 2.75) is 360 Å². The van der Waals surface area contributed by atoms with E-state index < -0.39 is 91.5 Å². The lowest BCUT2D eigenvalue weighted by atomic mass is 10.0. The third-order valence-electron chi connectivity index (χ3n) is 17.1. The van der Waals surface area contributed by atoms with Crippen molar-refractivity contribution in [3.8, 4) is 0 Å². The van der Waals surface area contributed by atoms with Crippen LogP contribution in [0.4, 0.5) is 0 Å². The summed E-state index contributed by atoms with van der Waals surface area (Å²) < 4.78 is 61.2. The van der Waals surface area contributed by atoms with Crippen molar-refractivity contribution < 1.29 is 75.8 Å². The van der Waals surface area contributed by atoms with Gasteiger partial charge in [-0.05, 0) is 141 Å². The Morgan fingerprint density at radius 2 is 0.485 bits per heavy atom. The molecule has 0 aromatic rings. The van der Waals surface area contributed by atoms with Crippen LogP contribution in [0.25, 0.3) is 0 Å². The number of carbonyl (C=O) groups excluding carboxylic acids is 3. The first-order valence-corrected chi connectivity index (χ1v) is 43.8. The van der Waals surface area contributed by atoms with Gasteiger partial charge in [-0.3, -0.25) is 32.5 Å². The minimum Gasteiger partial charge on any atom is -0.463 e. The number of hydrogen-bond acceptors (Lipinski definition) is 14. The molecule has 0 saturated carbocycles. The zero-order valence-corrected chi connectivity index (χ0v) is 66.7. The maximum Gasteiger partial charge on any atom is 0.472 e. The lowest BCUT2D eigenvalue weighted by molar-refractivity contribution is -0.161. The second-order valence-corrected chi connectivity index (χ2v) is 30.1. The van der Waals surface area contributed by atoms with E-state index in [9.17, 15) is 43.5 Å². The van der Waals surface area contributed by atoms with Gasteiger partial charge in [-0.25, -0.2) is 9.13 Å². The van der Waals surface area contributed by atoms with Crippen LogP contribution in [0.2, 0.25) is 0 Å². The third-order valence-corrected chi connectivity index (χ3v) is 19.0. The van der Waals surface area contributed by atoms with E-state index in [1.54, 1.807) is 0 Å². The van der Waals surface area contributed by atoms with E-state index in [4.69, 9.17) is 32.3 Å². The summed E-state index contributed by atoms with van der Waals surface area (Å²) in [5.41, 5.74) is 0. The van der Waals surface area contributed by atoms with Gasteiger partial charge in [0.1, 0.15) is 25.4 Å². The standard InChI is InChI=1S/C85H148O16P2/c1-4-7-10-13-16-19-22-25-28-30-32-34-36-37-38-39-40-41-43-45-46-48-51-53-56-59-62-65-68-71-83(88)95-74-80(86)75-97-102(91,92)98-76-81(87)77-99-103(93,94)100-79-82(101-85(90)73-70-67-64-61-58-55-50-27-24-21-18-15-12-9-6-3)78-96-84(89)72-69-66-63-60-57-54-52-49-47-44-42-35-33-31-29-26-23-20-17-14-11-8-5-2/h16-21,25-29,32-35,37-38,44,47,50,80-82,86-87H,4-15,22-24,30-31,36,39-43,45-46,48-49,51-79H2,1-3H3,(H,91,92)(H,93,94)/b19-16-,20-17-,21-18-,28-25-,29-26-,34-32-,35-33-,38-37-,47-44-,50-27-. The molecule has 0 aliphatic rings. The molecular weight excluding hydrogens is 1340 g/mol. The summed E-state index contributed by atoms with van der Waals surface area (Å²) in [6.45, 7) is 2.59. The molecule has 4 N–H and O–H groups in total. The Morgan fingerprint density at radius 1 is 0.272 bits per heavy atom. The minimum absolute atomic E-state index is 0.0843. The second kappa shape index (κ2) is 77.6. The number of unbranched alkanes of at least 4 members (excludes halogenated alkanes) is 34. The molecule has 0 aliphatic heterocycles. The molecule has 0 saturated heterocycles. The van der Waals surface area contributed by atoms with Crippen molar-refractivity contribution in [3.63, 3.8) is 0 Å². The number of rotatable bonds is 77. The Labute approximate surface area is 627 Å². The van der Waals surface area contributed by atoms with Crippen LogP contribution in [0.5, 0.6) is 0 Å². The molecule has 0 heterocycles. The number of esters is 3. The summed E-state index contributed by atoms with van der Waals surface area (Å²) in [4.78, 5) is 58.7. The summed E-state index contributed by atoms with van der Waals surface area (Å²) in [7, 11) is -9.80. The molecule has 5 unspecified atom stereocenters. The van der Waals surface area contributed by atoms with E-state index in [-0.39, 0.29) is 19.3 Å². The van der Waals surface area contributed by atoms with Crippen LogP contribution < -0.4 is 0 Å². The zero-order chi connectivity index (χ0) is 75.2. The third kappa shape index (κ3) is 78.8. The number of phosphoric acid groups is 2. The van der Waals surface area contributed by atoms with Crippen LogP contribution >= 0.6 is 15.6 Å². The summed E-state index contributed by atoms with van der Waals surface area (Å²) in [5, 5.41) is 20.7. The van der Waals surface area contributed by atoms with Gasteiger partial charge in [0.15, 0.2) is 6.10 Å². The van der Waals surface area contributed by atoms with Crippen LogP contribution in [0.3, 0.4) is 0 Å². The highest BCUT2D eigenvalue weighted by molar-refractivity contribution is 7.47. The fraction of sp³-hybridized carbons (Fsp3) is 0.729. The SMILES string of the molecule is CCCCC/C=C\C/C=C\C/C=C\C/C=C\CCCCCCCCCCCCCCCC(=O)OCC(O)COP(=O)(O)OCC(O)COP(=O)(O)OCC(COC(=O)CCCCCCCCC/C=C\C/C=C\C/C=C\C/C=C\CCCCC)OC(=O)CCCCCCC/C=C\C/C=C\CCCCC. The van der Waals surface area contributed by atoms with Crippen molar-refractivity contribution in [3.05, 3.63) is 122 Å². The zero-order valence-electron chi connectivity index (χ0n) is 65.0. The Hall–Kier alpha value is -4.05. The summed E-state index contributed by atoms with van der Waals surface area (Å²) in [6.07, 6.45) is 92.4. The van der Waals surface area contributed by atoms with E-state index in [2.05, 4.69) is 142 Å². The molecule has 0 bridgehead atoms. The summed E-state index contributed by atoms with van der Waals surface area (Å²) >= 11 is 0. The van der Waals surface area contributed by atoms with E-state index in [0.717, 1.165) is 154 Å². The topological polar surface area (TPSA) is 231 Å². The molecule has 18 heteroatoms. The van der Waals surface area contributed by atoms with Crippen LogP contribution in [-0.4, -0.2) is 95.9 Å². The Balaban J connectivity index is 4.54. The first-order valence-electron chi connectivity index (χ1n) is 40.8. The van der Waals surface area contributed by atoms with Gasteiger partial charge in [0.05, 0.1) is 26.4 Å². The molecule has 0 rings (SSSR count). The minimum atomic E-state index is -4.94. The van der Waals surface area contributed by atoms with Crippen LogP contribution in [0.1, 0.15) is 342 Å². The normalized spacial score (nSPS) is 14.6. The highest BCUT2D eigenvalue weighted by atomic mass is 31.2. The van der Waals surface area contributed by atoms with Crippen molar-refractivity contribution in [2.75, 3.05) is 39.6 Å².